The van der Waals surface area contributed by atoms with Gasteiger partial charge in [-0.25, -0.2) is 5.48 Å². The molecule has 1 aromatic heterocycles. The Hall–Kier alpha value is -2.40. The number of benzene rings is 1. The summed E-state index contributed by atoms with van der Waals surface area (Å²) in [6, 6.07) is 13.2. The van der Waals surface area contributed by atoms with Crippen LogP contribution in [0.15, 0.2) is 48.7 Å². The SMILES string of the molecule is O=C(Cc1ccc(OCc2ccccc2)cn1)NO. The third-order valence-electron chi connectivity index (χ3n) is 2.51. The summed E-state index contributed by atoms with van der Waals surface area (Å²) in [4.78, 5) is 15.0. The van der Waals surface area contributed by atoms with Crippen LogP contribution in [0.1, 0.15) is 11.3 Å². The van der Waals surface area contributed by atoms with E-state index in [0.717, 1.165) is 5.56 Å². The molecular formula is C14H14N2O3. The van der Waals surface area contributed by atoms with Gasteiger partial charge in [0.2, 0.25) is 5.91 Å². The number of hydroxylamine groups is 1. The third-order valence-corrected chi connectivity index (χ3v) is 2.51. The van der Waals surface area contributed by atoms with Crippen LogP contribution in [0.4, 0.5) is 0 Å². The molecule has 2 aromatic rings. The zero-order valence-corrected chi connectivity index (χ0v) is 10.2. The van der Waals surface area contributed by atoms with E-state index in [1.807, 2.05) is 30.3 Å². The lowest BCUT2D eigenvalue weighted by atomic mass is 10.2. The minimum absolute atomic E-state index is 0.0372. The van der Waals surface area contributed by atoms with Gasteiger partial charge in [0.25, 0.3) is 0 Å². The number of carbonyl (C=O) groups excluding carboxylic acids is 1. The molecule has 2 rings (SSSR count). The molecular weight excluding hydrogens is 244 g/mol. The zero-order valence-electron chi connectivity index (χ0n) is 10.2. The van der Waals surface area contributed by atoms with Gasteiger partial charge in [-0.05, 0) is 17.7 Å². The number of pyridine rings is 1. The predicted octanol–water partition coefficient (Wildman–Crippen LogP) is 1.71. The Kier molecular flexibility index (Phi) is 4.47. The van der Waals surface area contributed by atoms with E-state index in [-0.39, 0.29) is 6.42 Å². The number of rotatable bonds is 5. The number of hydrogen-bond donors (Lipinski definition) is 2. The summed E-state index contributed by atoms with van der Waals surface area (Å²) in [6.07, 6.45) is 1.60. The second-order valence-corrected chi connectivity index (χ2v) is 3.97. The average Bonchev–Trinajstić information content (AvgIpc) is 2.47. The van der Waals surface area contributed by atoms with Crippen molar-refractivity contribution in [2.24, 2.45) is 0 Å². The molecule has 2 N–H and O–H groups in total. The smallest absolute Gasteiger partial charge is 0.249 e. The van der Waals surface area contributed by atoms with E-state index >= 15 is 0 Å². The van der Waals surface area contributed by atoms with Crippen molar-refractivity contribution in [2.45, 2.75) is 13.0 Å². The minimum Gasteiger partial charge on any atom is -0.487 e. The highest BCUT2D eigenvalue weighted by molar-refractivity contribution is 5.76. The van der Waals surface area contributed by atoms with Gasteiger partial charge in [-0.15, -0.1) is 0 Å². The van der Waals surface area contributed by atoms with Gasteiger partial charge in [-0.1, -0.05) is 30.3 Å². The first-order chi connectivity index (χ1) is 9.28. The molecule has 0 radical (unpaired) electrons. The maximum absolute atomic E-state index is 10.9. The molecule has 1 heterocycles. The number of amides is 1. The van der Waals surface area contributed by atoms with Crippen molar-refractivity contribution in [3.05, 3.63) is 59.9 Å². The molecule has 0 saturated carbocycles. The monoisotopic (exact) mass is 258 g/mol. The second-order valence-electron chi connectivity index (χ2n) is 3.97. The number of hydrogen-bond acceptors (Lipinski definition) is 4. The molecule has 0 aliphatic heterocycles. The van der Waals surface area contributed by atoms with Crippen molar-refractivity contribution in [1.82, 2.24) is 10.5 Å². The van der Waals surface area contributed by atoms with E-state index in [2.05, 4.69) is 4.98 Å². The van der Waals surface area contributed by atoms with Gasteiger partial charge < -0.3 is 4.74 Å². The predicted molar refractivity (Wildman–Crippen MR) is 68.6 cm³/mol. The molecule has 0 atom stereocenters. The average molecular weight is 258 g/mol. The van der Waals surface area contributed by atoms with Crippen molar-refractivity contribution in [1.29, 1.82) is 0 Å². The minimum atomic E-state index is -0.495. The van der Waals surface area contributed by atoms with Gasteiger partial charge >= 0.3 is 0 Å². The van der Waals surface area contributed by atoms with Crippen LogP contribution in [-0.4, -0.2) is 16.1 Å². The molecule has 1 amide bonds. The lowest BCUT2D eigenvalue weighted by Crippen LogP contribution is -2.21. The molecule has 5 nitrogen and oxygen atoms in total. The molecule has 0 spiro atoms. The fourth-order valence-electron chi connectivity index (χ4n) is 1.55. The summed E-state index contributed by atoms with van der Waals surface area (Å²) in [6.45, 7) is 0.471. The van der Waals surface area contributed by atoms with Crippen LogP contribution in [0.25, 0.3) is 0 Å². The van der Waals surface area contributed by atoms with E-state index < -0.39 is 5.91 Å². The molecule has 98 valence electrons. The summed E-state index contributed by atoms with van der Waals surface area (Å²) >= 11 is 0. The number of aromatic nitrogens is 1. The molecule has 0 unspecified atom stereocenters. The normalized spacial score (nSPS) is 9.95. The topological polar surface area (TPSA) is 71.5 Å². The Labute approximate surface area is 110 Å². The Morgan fingerprint density at radius 3 is 2.63 bits per heavy atom. The van der Waals surface area contributed by atoms with Gasteiger partial charge in [-0.2, -0.15) is 0 Å². The summed E-state index contributed by atoms with van der Waals surface area (Å²) in [5.74, 6) is 0.141. The number of nitrogens with one attached hydrogen (secondary N) is 1. The van der Waals surface area contributed by atoms with Crippen LogP contribution < -0.4 is 10.2 Å². The first-order valence-corrected chi connectivity index (χ1v) is 5.82. The summed E-state index contributed by atoms with van der Waals surface area (Å²) in [5.41, 5.74) is 3.21. The maximum Gasteiger partial charge on any atom is 0.249 e. The van der Waals surface area contributed by atoms with Gasteiger partial charge in [0.15, 0.2) is 0 Å². The van der Waals surface area contributed by atoms with Crippen LogP contribution >= 0.6 is 0 Å². The molecule has 0 saturated heterocycles. The lowest BCUT2D eigenvalue weighted by molar-refractivity contribution is -0.128. The van der Waals surface area contributed by atoms with Crippen LogP contribution in [0.2, 0.25) is 0 Å². The van der Waals surface area contributed by atoms with E-state index in [4.69, 9.17) is 9.94 Å². The molecule has 0 aliphatic rings. The highest BCUT2D eigenvalue weighted by Crippen LogP contribution is 2.12. The van der Waals surface area contributed by atoms with E-state index in [1.54, 1.807) is 23.8 Å². The van der Waals surface area contributed by atoms with Gasteiger partial charge in [0.05, 0.1) is 18.3 Å². The first-order valence-electron chi connectivity index (χ1n) is 5.82. The van der Waals surface area contributed by atoms with Crippen molar-refractivity contribution in [3.8, 4) is 5.75 Å². The molecule has 0 bridgehead atoms. The second kappa shape index (κ2) is 6.51. The molecule has 0 aliphatic carbocycles. The van der Waals surface area contributed by atoms with E-state index in [1.165, 1.54) is 0 Å². The summed E-state index contributed by atoms with van der Waals surface area (Å²) < 4.78 is 5.57. The Morgan fingerprint density at radius 1 is 1.21 bits per heavy atom. The molecule has 19 heavy (non-hydrogen) atoms. The van der Waals surface area contributed by atoms with Crippen LogP contribution in [-0.2, 0) is 17.8 Å². The maximum atomic E-state index is 10.9. The Bertz CT molecular complexity index is 526. The van der Waals surface area contributed by atoms with Gasteiger partial charge in [0, 0.05) is 0 Å². The lowest BCUT2D eigenvalue weighted by Gasteiger charge is -2.06. The fourth-order valence-corrected chi connectivity index (χ4v) is 1.55. The van der Waals surface area contributed by atoms with E-state index in [0.29, 0.717) is 18.1 Å². The third kappa shape index (κ3) is 4.08. The highest BCUT2D eigenvalue weighted by atomic mass is 16.5. The van der Waals surface area contributed by atoms with Crippen LogP contribution in [0.5, 0.6) is 5.75 Å². The van der Waals surface area contributed by atoms with E-state index in [9.17, 15) is 4.79 Å². The molecule has 0 fully saturated rings. The Morgan fingerprint density at radius 2 is 2.00 bits per heavy atom. The zero-order chi connectivity index (χ0) is 13.5. The van der Waals surface area contributed by atoms with Crippen LogP contribution in [0, 0.1) is 0 Å². The largest absolute Gasteiger partial charge is 0.487 e. The highest BCUT2D eigenvalue weighted by Gasteiger charge is 2.03. The van der Waals surface area contributed by atoms with Gasteiger partial charge in [0.1, 0.15) is 12.4 Å². The van der Waals surface area contributed by atoms with Crippen LogP contribution in [0.3, 0.4) is 0 Å². The van der Waals surface area contributed by atoms with Crippen molar-refractivity contribution >= 4 is 5.91 Å². The summed E-state index contributed by atoms with van der Waals surface area (Å²) in [7, 11) is 0. The molecule has 1 aromatic carbocycles. The fraction of sp³-hybridized carbons (Fsp3) is 0.143. The number of carbonyl (C=O) groups is 1. The van der Waals surface area contributed by atoms with Crippen molar-refractivity contribution < 1.29 is 14.7 Å². The first kappa shape index (κ1) is 13.0. The number of nitrogens with zero attached hydrogens (tertiary/aromatic N) is 1. The number of ether oxygens (including phenoxy) is 1. The quantitative estimate of drug-likeness (QED) is 0.632. The van der Waals surface area contributed by atoms with Crippen molar-refractivity contribution in [3.63, 3.8) is 0 Å². The van der Waals surface area contributed by atoms with Gasteiger partial charge in [-0.3, -0.25) is 15.0 Å². The van der Waals surface area contributed by atoms with Crippen molar-refractivity contribution in [2.75, 3.05) is 0 Å². The Balaban J connectivity index is 1.90. The molecule has 5 heteroatoms. The summed E-state index contributed by atoms with van der Waals surface area (Å²) in [5, 5.41) is 8.41. The standard InChI is InChI=1S/C14H14N2O3/c17-14(16-18)8-12-6-7-13(9-15-12)19-10-11-4-2-1-3-5-11/h1-7,9,18H,8,10H2,(H,16,17).